The van der Waals surface area contributed by atoms with Gasteiger partial charge in [0.25, 0.3) is 0 Å². The highest BCUT2D eigenvalue weighted by Crippen LogP contribution is 2.48. The van der Waals surface area contributed by atoms with Crippen LogP contribution in [-0.2, 0) is 9.47 Å². The maximum atomic E-state index is 6.56. The van der Waals surface area contributed by atoms with Gasteiger partial charge in [-0.2, -0.15) is 0 Å². The number of hydrogen-bond donors (Lipinski definition) is 0. The Morgan fingerprint density at radius 1 is 1.08 bits per heavy atom. The van der Waals surface area contributed by atoms with Crippen LogP contribution in [0.4, 0.5) is 0 Å². The fourth-order valence-electron chi connectivity index (χ4n) is 5.19. The lowest BCUT2D eigenvalue weighted by Crippen LogP contribution is -2.46. The number of rotatable bonds is 3. The molecule has 0 bridgehead atoms. The predicted octanol–water partition coefficient (Wildman–Crippen LogP) is 4.84. The third kappa shape index (κ3) is 3.99. The van der Waals surface area contributed by atoms with Crippen molar-refractivity contribution in [2.24, 2.45) is 17.3 Å². The first kappa shape index (κ1) is 18.7. The van der Waals surface area contributed by atoms with Gasteiger partial charge in [-0.25, -0.2) is 0 Å². The molecule has 1 heterocycles. The lowest BCUT2D eigenvalue weighted by atomic mass is 9.67. The van der Waals surface area contributed by atoms with Gasteiger partial charge in [-0.3, -0.25) is 0 Å². The first-order valence-electron chi connectivity index (χ1n) is 10.3. The summed E-state index contributed by atoms with van der Waals surface area (Å²) < 4.78 is 12.9. The highest BCUT2D eigenvalue weighted by molar-refractivity contribution is 4.93. The van der Waals surface area contributed by atoms with Crippen molar-refractivity contribution in [3.63, 3.8) is 0 Å². The molecule has 0 aromatic rings. The summed E-state index contributed by atoms with van der Waals surface area (Å²) in [5, 5.41) is 0. The lowest BCUT2D eigenvalue weighted by Gasteiger charge is -2.45. The third-order valence-corrected chi connectivity index (χ3v) is 7.02. The summed E-state index contributed by atoms with van der Waals surface area (Å²) >= 11 is 0. The van der Waals surface area contributed by atoms with Gasteiger partial charge in [-0.1, -0.05) is 47.0 Å². The molecule has 24 heavy (non-hydrogen) atoms. The summed E-state index contributed by atoms with van der Waals surface area (Å²) in [6.45, 7) is 11.3. The number of hydrogen-bond acceptors (Lipinski definition) is 3. The van der Waals surface area contributed by atoms with E-state index >= 15 is 0 Å². The Morgan fingerprint density at radius 2 is 1.79 bits per heavy atom. The Bertz CT molecular complexity index is 413. The molecule has 140 valence electrons. The molecule has 2 aliphatic carbocycles. The maximum Gasteiger partial charge on any atom is 0.171 e. The molecule has 3 heteroatoms. The minimum Gasteiger partial charge on any atom is -0.347 e. The van der Waals surface area contributed by atoms with E-state index in [1.807, 2.05) is 0 Å². The molecule has 3 fully saturated rings. The molecule has 3 rings (SSSR count). The summed E-state index contributed by atoms with van der Waals surface area (Å²) in [7, 11) is 2.28. The van der Waals surface area contributed by atoms with Gasteiger partial charge >= 0.3 is 0 Å². The van der Waals surface area contributed by atoms with Gasteiger partial charge in [0.05, 0.1) is 12.7 Å². The minimum absolute atomic E-state index is 0.255. The summed E-state index contributed by atoms with van der Waals surface area (Å²) in [6, 6.07) is 0.757. The van der Waals surface area contributed by atoms with Crippen LogP contribution in [0.3, 0.4) is 0 Å². The first-order chi connectivity index (χ1) is 11.3. The summed E-state index contributed by atoms with van der Waals surface area (Å²) in [5.74, 6) is 0.995. The van der Waals surface area contributed by atoms with Crippen molar-refractivity contribution in [1.82, 2.24) is 4.90 Å². The highest BCUT2D eigenvalue weighted by Gasteiger charge is 2.50. The quantitative estimate of drug-likeness (QED) is 0.735. The van der Waals surface area contributed by atoms with E-state index in [0.29, 0.717) is 11.3 Å². The van der Waals surface area contributed by atoms with Crippen molar-refractivity contribution in [3.05, 3.63) is 0 Å². The van der Waals surface area contributed by atoms with Crippen LogP contribution < -0.4 is 0 Å². The molecule has 3 aliphatic rings. The van der Waals surface area contributed by atoms with Crippen LogP contribution in [0.15, 0.2) is 0 Å². The topological polar surface area (TPSA) is 21.7 Å². The molecule has 3 nitrogen and oxygen atoms in total. The van der Waals surface area contributed by atoms with E-state index in [-0.39, 0.29) is 11.9 Å². The smallest absolute Gasteiger partial charge is 0.171 e. The molecular weight excluding hydrogens is 298 g/mol. The maximum absolute atomic E-state index is 6.56. The fourth-order valence-corrected chi connectivity index (χ4v) is 5.19. The van der Waals surface area contributed by atoms with E-state index in [4.69, 9.17) is 9.47 Å². The molecule has 4 unspecified atom stereocenters. The van der Waals surface area contributed by atoms with Crippen LogP contribution >= 0.6 is 0 Å². The van der Waals surface area contributed by atoms with E-state index in [2.05, 4.69) is 39.6 Å². The van der Waals surface area contributed by atoms with E-state index in [1.54, 1.807) is 0 Å². The minimum atomic E-state index is -0.292. The fraction of sp³-hybridized carbons (Fsp3) is 1.00. The summed E-state index contributed by atoms with van der Waals surface area (Å²) in [6.07, 6.45) is 10.7. The molecule has 4 atom stereocenters. The van der Waals surface area contributed by atoms with E-state index in [1.165, 1.54) is 44.9 Å². The zero-order chi connectivity index (χ0) is 17.4. The van der Waals surface area contributed by atoms with Gasteiger partial charge in [0, 0.05) is 24.9 Å². The molecule has 0 aromatic carbocycles. The van der Waals surface area contributed by atoms with Crippen LogP contribution in [-0.4, -0.2) is 43.0 Å². The van der Waals surface area contributed by atoms with E-state index in [9.17, 15) is 0 Å². The lowest BCUT2D eigenvalue weighted by molar-refractivity contribution is -0.228. The molecular formula is C21H39NO2. The Balaban J connectivity index is 1.53. The summed E-state index contributed by atoms with van der Waals surface area (Å²) in [5.41, 5.74) is 0.398. The molecule has 0 N–H and O–H groups in total. The zero-order valence-corrected chi connectivity index (χ0v) is 16.6. The SMILES string of the molecule is CC1CC(C(C)(C)C)CCC12OCC(CN(C)C1CCCCC1)O2. The largest absolute Gasteiger partial charge is 0.347 e. The van der Waals surface area contributed by atoms with E-state index < -0.39 is 0 Å². The molecule has 1 spiro atoms. The number of ether oxygens (including phenoxy) is 2. The average molecular weight is 338 g/mol. The average Bonchev–Trinajstić information content (AvgIpc) is 2.94. The van der Waals surface area contributed by atoms with Gasteiger partial charge in [-0.05, 0) is 44.1 Å². The molecule has 0 radical (unpaired) electrons. The van der Waals surface area contributed by atoms with Gasteiger partial charge in [0.2, 0.25) is 0 Å². The second-order valence-electron chi connectivity index (χ2n) is 9.83. The van der Waals surface area contributed by atoms with Crippen molar-refractivity contribution in [3.8, 4) is 0 Å². The molecule has 1 aliphatic heterocycles. The van der Waals surface area contributed by atoms with Gasteiger partial charge in [-0.15, -0.1) is 0 Å². The van der Waals surface area contributed by atoms with Crippen molar-refractivity contribution in [2.75, 3.05) is 20.2 Å². The third-order valence-electron chi connectivity index (χ3n) is 7.02. The van der Waals surface area contributed by atoms with Crippen LogP contribution in [0, 0.1) is 17.3 Å². The normalized spacial score (nSPS) is 39.0. The zero-order valence-electron chi connectivity index (χ0n) is 16.6. The monoisotopic (exact) mass is 337 g/mol. The van der Waals surface area contributed by atoms with Gasteiger partial charge in [0.15, 0.2) is 5.79 Å². The molecule has 0 aromatic heterocycles. The highest BCUT2D eigenvalue weighted by atomic mass is 16.7. The van der Waals surface area contributed by atoms with E-state index in [0.717, 1.165) is 31.5 Å². The number of nitrogens with zero attached hydrogens (tertiary/aromatic N) is 1. The van der Waals surface area contributed by atoms with Crippen LogP contribution in [0.25, 0.3) is 0 Å². The molecule has 0 amide bonds. The molecule has 1 saturated heterocycles. The van der Waals surface area contributed by atoms with Crippen LogP contribution in [0.2, 0.25) is 0 Å². The van der Waals surface area contributed by atoms with Crippen molar-refractivity contribution in [1.29, 1.82) is 0 Å². The van der Waals surface area contributed by atoms with Crippen LogP contribution in [0.5, 0.6) is 0 Å². The Kier molecular flexibility index (Phi) is 5.64. The Hall–Kier alpha value is -0.120. The Morgan fingerprint density at radius 3 is 2.42 bits per heavy atom. The van der Waals surface area contributed by atoms with Crippen molar-refractivity contribution >= 4 is 0 Å². The van der Waals surface area contributed by atoms with Gasteiger partial charge < -0.3 is 14.4 Å². The second kappa shape index (κ2) is 7.25. The predicted molar refractivity (Wildman–Crippen MR) is 99.0 cm³/mol. The van der Waals surface area contributed by atoms with Crippen molar-refractivity contribution < 1.29 is 9.47 Å². The van der Waals surface area contributed by atoms with Crippen LogP contribution in [0.1, 0.15) is 79.1 Å². The second-order valence-corrected chi connectivity index (χ2v) is 9.83. The standard InChI is InChI=1S/C21H39NO2/c1-16-13-17(20(2,3)4)11-12-21(16)23-15-19(24-21)14-22(5)18-9-7-6-8-10-18/h16-19H,6-15H2,1-5H3. The first-order valence-corrected chi connectivity index (χ1v) is 10.3. The summed E-state index contributed by atoms with van der Waals surface area (Å²) in [4.78, 5) is 2.54. The Labute approximate surface area is 149 Å². The van der Waals surface area contributed by atoms with Gasteiger partial charge in [0.1, 0.15) is 0 Å². The molecule has 2 saturated carbocycles. The van der Waals surface area contributed by atoms with Crippen molar-refractivity contribution in [2.45, 2.75) is 97.0 Å². The number of likely N-dealkylation sites (N-methyl/N-ethyl adjacent to an activating group) is 1.